The molecule has 0 spiro atoms. The first-order valence-corrected chi connectivity index (χ1v) is 8.79. The lowest BCUT2D eigenvalue weighted by molar-refractivity contribution is 0.474. The van der Waals surface area contributed by atoms with Crippen LogP contribution in [0.2, 0.25) is 0 Å². The highest BCUT2D eigenvalue weighted by Crippen LogP contribution is 2.17. The standard InChI is InChI=1S/C19H17N3O2S/c1-13-6-8-15(9-7-13)21-11-20-19-22(12-21)18(24)17(25-19)10-14-4-2-3-5-16(14)23/h2-10,23H,11-12H2,1H3. The molecule has 0 atom stereocenters. The minimum absolute atomic E-state index is 0.0798. The lowest BCUT2D eigenvalue weighted by atomic mass is 10.2. The van der Waals surface area contributed by atoms with Gasteiger partial charge in [0, 0.05) is 11.3 Å². The summed E-state index contributed by atoms with van der Waals surface area (Å²) < 4.78 is 2.26. The van der Waals surface area contributed by atoms with Crippen LogP contribution in [0, 0.1) is 6.92 Å². The zero-order valence-electron chi connectivity index (χ0n) is 13.7. The highest BCUT2D eigenvalue weighted by atomic mass is 32.1. The minimum Gasteiger partial charge on any atom is -0.507 e. The van der Waals surface area contributed by atoms with Gasteiger partial charge in [0.2, 0.25) is 0 Å². The third-order valence-electron chi connectivity index (χ3n) is 4.20. The van der Waals surface area contributed by atoms with Crippen LogP contribution in [-0.2, 0) is 6.67 Å². The molecule has 4 rings (SSSR count). The normalized spacial score (nSPS) is 14.3. The number of fused-ring (bicyclic) bond motifs is 1. The van der Waals surface area contributed by atoms with Gasteiger partial charge in [-0.1, -0.05) is 47.2 Å². The maximum absolute atomic E-state index is 12.7. The summed E-state index contributed by atoms with van der Waals surface area (Å²) in [7, 11) is 0. The van der Waals surface area contributed by atoms with Crippen molar-refractivity contribution in [2.75, 3.05) is 11.6 Å². The van der Waals surface area contributed by atoms with Gasteiger partial charge >= 0.3 is 0 Å². The van der Waals surface area contributed by atoms with E-state index in [0.29, 0.717) is 23.4 Å². The van der Waals surface area contributed by atoms with E-state index in [9.17, 15) is 9.90 Å². The van der Waals surface area contributed by atoms with E-state index in [1.165, 1.54) is 16.9 Å². The predicted molar refractivity (Wildman–Crippen MR) is 99.6 cm³/mol. The summed E-state index contributed by atoms with van der Waals surface area (Å²) in [5.41, 5.74) is 2.80. The molecule has 1 aromatic heterocycles. The Morgan fingerprint density at radius 1 is 1.16 bits per heavy atom. The fourth-order valence-corrected chi connectivity index (χ4v) is 3.73. The van der Waals surface area contributed by atoms with E-state index in [1.807, 2.05) is 25.1 Å². The molecule has 0 bridgehead atoms. The van der Waals surface area contributed by atoms with Gasteiger partial charge in [-0.25, -0.2) is 4.99 Å². The molecule has 126 valence electrons. The zero-order valence-corrected chi connectivity index (χ0v) is 14.5. The summed E-state index contributed by atoms with van der Waals surface area (Å²) >= 11 is 1.36. The van der Waals surface area contributed by atoms with E-state index >= 15 is 0 Å². The second-order valence-electron chi connectivity index (χ2n) is 6.00. The lowest BCUT2D eigenvalue weighted by Gasteiger charge is -2.25. The van der Waals surface area contributed by atoms with Crippen molar-refractivity contribution in [2.24, 2.45) is 4.99 Å². The molecule has 0 amide bonds. The largest absolute Gasteiger partial charge is 0.507 e. The Bertz CT molecular complexity index is 1100. The van der Waals surface area contributed by atoms with Crippen molar-refractivity contribution >= 4 is 23.1 Å². The number of phenols is 1. The van der Waals surface area contributed by atoms with Crippen LogP contribution < -0.4 is 19.8 Å². The van der Waals surface area contributed by atoms with Crippen LogP contribution in [0.3, 0.4) is 0 Å². The molecule has 0 saturated carbocycles. The monoisotopic (exact) mass is 351 g/mol. The van der Waals surface area contributed by atoms with Crippen LogP contribution in [0.15, 0.2) is 58.3 Å². The Labute approximate surface area is 148 Å². The molecule has 2 heterocycles. The molecule has 0 unspecified atom stereocenters. The van der Waals surface area contributed by atoms with Gasteiger partial charge in [0.1, 0.15) is 19.1 Å². The topological polar surface area (TPSA) is 57.8 Å². The molecule has 3 aromatic rings. The molecular formula is C19H17N3O2S. The van der Waals surface area contributed by atoms with Crippen LogP contribution in [0.4, 0.5) is 5.69 Å². The number of nitrogens with zero attached hydrogens (tertiary/aromatic N) is 3. The van der Waals surface area contributed by atoms with Crippen LogP contribution in [0.25, 0.3) is 6.08 Å². The number of para-hydroxylation sites is 1. The molecule has 1 aliphatic heterocycles. The number of aromatic hydroxyl groups is 1. The molecule has 1 N–H and O–H groups in total. The highest BCUT2D eigenvalue weighted by molar-refractivity contribution is 7.07. The van der Waals surface area contributed by atoms with E-state index in [2.05, 4.69) is 22.0 Å². The van der Waals surface area contributed by atoms with E-state index in [0.717, 1.165) is 10.5 Å². The number of hydrogen-bond acceptors (Lipinski definition) is 5. The molecule has 5 nitrogen and oxygen atoms in total. The number of aryl methyl sites for hydroxylation is 1. The van der Waals surface area contributed by atoms with Gasteiger partial charge in [-0.2, -0.15) is 0 Å². The third kappa shape index (κ3) is 2.96. The quantitative estimate of drug-likeness (QED) is 0.766. The number of rotatable bonds is 2. The van der Waals surface area contributed by atoms with E-state index < -0.39 is 0 Å². The number of anilines is 1. The molecule has 25 heavy (non-hydrogen) atoms. The van der Waals surface area contributed by atoms with Crippen LogP contribution in [-0.4, -0.2) is 16.3 Å². The highest BCUT2D eigenvalue weighted by Gasteiger charge is 2.16. The summed E-state index contributed by atoms with van der Waals surface area (Å²) in [6.07, 6.45) is 1.72. The van der Waals surface area contributed by atoms with E-state index in [1.54, 1.807) is 28.8 Å². The third-order valence-corrected chi connectivity index (χ3v) is 5.24. The number of aromatic nitrogens is 1. The molecule has 0 fully saturated rings. The minimum atomic E-state index is -0.0798. The summed E-state index contributed by atoms with van der Waals surface area (Å²) in [5.74, 6) is 0.163. The maximum Gasteiger partial charge on any atom is 0.271 e. The van der Waals surface area contributed by atoms with Crippen molar-refractivity contribution in [1.29, 1.82) is 0 Å². The van der Waals surface area contributed by atoms with Crippen LogP contribution in [0.1, 0.15) is 11.1 Å². The van der Waals surface area contributed by atoms with E-state index in [4.69, 9.17) is 0 Å². The van der Waals surface area contributed by atoms with Crippen molar-refractivity contribution in [2.45, 2.75) is 13.6 Å². The zero-order chi connectivity index (χ0) is 17.4. The second-order valence-corrected chi connectivity index (χ2v) is 7.01. The second kappa shape index (κ2) is 6.22. The van der Waals surface area contributed by atoms with Crippen LogP contribution >= 0.6 is 11.3 Å². The molecule has 1 aliphatic rings. The number of benzene rings is 2. The Morgan fingerprint density at radius 3 is 2.68 bits per heavy atom. The SMILES string of the molecule is Cc1ccc(N2CN=c3sc(=Cc4ccccc4O)c(=O)n3C2)cc1. The first-order chi connectivity index (χ1) is 12.1. The summed E-state index contributed by atoms with van der Waals surface area (Å²) in [6, 6.07) is 15.2. The smallest absolute Gasteiger partial charge is 0.271 e. The van der Waals surface area contributed by atoms with Gasteiger partial charge in [0.05, 0.1) is 4.53 Å². The Hall–Kier alpha value is -2.86. The maximum atomic E-state index is 12.7. The first kappa shape index (κ1) is 15.7. The van der Waals surface area contributed by atoms with Gasteiger partial charge < -0.3 is 10.0 Å². The van der Waals surface area contributed by atoms with E-state index in [-0.39, 0.29) is 11.3 Å². The molecule has 0 radical (unpaired) electrons. The summed E-state index contributed by atoms with van der Waals surface area (Å²) in [4.78, 5) is 20.1. The van der Waals surface area contributed by atoms with Crippen molar-refractivity contribution in [1.82, 2.24) is 4.57 Å². The number of phenolic OH excluding ortho intramolecular Hbond substituents is 1. The van der Waals surface area contributed by atoms with Gasteiger partial charge in [-0.05, 0) is 31.2 Å². The van der Waals surface area contributed by atoms with Gasteiger partial charge in [-0.3, -0.25) is 9.36 Å². The van der Waals surface area contributed by atoms with Crippen LogP contribution in [0.5, 0.6) is 5.75 Å². The fourth-order valence-electron chi connectivity index (χ4n) is 2.78. The fraction of sp³-hybridized carbons (Fsp3) is 0.158. The molecule has 0 saturated heterocycles. The molecule has 0 aliphatic carbocycles. The Kier molecular flexibility index (Phi) is 3.89. The number of hydrogen-bond donors (Lipinski definition) is 1. The number of thiazole rings is 1. The Balaban J connectivity index is 1.73. The average molecular weight is 351 g/mol. The summed E-state index contributed by atoms with van der Waals surface area (Å²) in [5, 5.41) is 9.91. The molecule has 6 heteroatoms. The molecule has 2 aromatic carbocycles. The van der Waals surface area contributed by atoms with Crippen molar-refractivity contribution in [3.63, 3.8) is 0 Å². The van der Waals surface area contributed by atoms with Gasteiger partial charge in [0.15, 0.2) is 4.80 Å². The first-order valence-electron chi connectivity index (χ1n) is 7.97. The molecular weight excluding hydrogens is 334 g/mol. The lowest BCUT2D eigenvalue weighted by Crippen LogP contribution is -2.42. The van der Waals surface area contributed by atoms with Crippen molar-refractivity contribution < 1.29 is 5.11 Å². The van der Waals surface area contributed by atoms with Crippen molar-refractivity contribution in [3.05, 3.63) is 79.3 Å². The Morgan fingerprint density at radius 2 is 1.92 bits per heavy atom. The van der Waals surface area contributed by atoms with Gasteiger partial charge in [0.25, 0.3) is 5.56 Å². The average Bonchev–Trinajstić information content (AvgIpc) is 2.93. The summed E-state index contributed by atoms with van der Waals surface area (Å²) in [6.45, 7) is 3.05. The predicted octanol–water partition coefficient (Wildman–Crippen LogP) is 1.81. The van der Waals surface area contributed by atoms with Crippen molar-refractivity contribution in [3.8, 4) is 5.75 Å². The van der Waals surface area contributed by atoms with Gasteiger partial charge in [-0.15, -0.1) is 0 Å².